The lowest BCUT2D eigenvalue weighted by Crippen LogP contribution is -2.28. The molecular formula is C11H16N4O5S. The SMILES string of the molecule is CCNc1cc(S(=O)(=O)NCCC(N)=O)ccc1[N+](=O)[O-]. The maximum absolute atomic E-state index is 12.0. The molecule has 9 nitrogen and oxygen atoms in total. The highest BCUT2D eigenvalue weighted by Crippen LogP contribution is 2.27. The molecule has 0 unspecified atom stereocenters. The Morgan fingerprint density at radius 3 is 2.62 bits per heavy atom. The second-order valence-electron chi connectivity index (χ2n) is 4.08. The molecule has 1 rings (SSSR count). The Kier molecular flexibility index (Phi) is 5.61. The highest BCUT2D eigenvalue weighted by molar-refractivity contribution is 7.89. The minimum absolute atomic E-state index is 0.111. The van der Waals surface area contributed by atoms with Crippen molar-refractivity contribution in [2.24, 2.45) is 5.73 Å². The van der Waals surface area contributed by atoms with Crippen LogP contribution in [0, 0.1) is 10.1 Å². The molecule has 0 saturated heterocycles. The van der Waals surface area contributed by atoms with Crippen molar-refractivity contribution >= 4 is 27.3 Å². The van der Waals surface area contributed by atoms with Gasteiger partial charge in [-0.3, -0.25) is 14.9 Å². The summed E-state index contributed by atoms with van der Waals surface area (Å²) in [4.78, 5) is 20.7. The van der Waals surface area contributed by atoms with Crippen LogP contribution in [-0.4, -0.2) is 32.3 Å². The van der Waals surface area contributed by atoms with Crippen LogP contribution in [0.5, 0.6) is 0 Å². The maximum Gasteiger partial charge on any atom is 0.292 e. The van der Waals surface area contributed by atoms with E-state index in [1.807, 2.05) is 0 Å². The number of hydrogen-bond donors (Lipinski definition) is 3. The number of hydrogen-bond acceptors (Lipinski definition) is 6. The summed E-state index contributed by atoms with van der Waals surface area (Å²) in [5, 5.41) is 13.6. The number of sulfonamides is 1. The second-order valence-corrected chi connectivity index (χ2v) is 5.85. The van der Waals surface area contributed by atoms with E-state index < -0.39 is 20.9 Å². The summed E-state index contributed by atoms with van der Waals surface area (Å²) in [5.74, 6) is -0.630. The number of nitrogens with one attached hydrogen (secondary N) is 2. The van der Waals surface area contributed by atoms with E-state index in [4.69, 9.17) is 5.73 Å². The number of rotatable bonds is 8. The van der Waals surface area contributed by atoms with Crippen molar-refractivity contribution in [3.63, 3.8) is 0 Å². The number of carbonyl (C=O) groups is 1. The maximum atomic E-state index is 12.0. The van der Waals surface area contributed by atoms with Crippen molar-refractivity contribution in [1.82, 2.24) is 4.72 Å². The van der Waals surface area contributed by atoms with Crippen LogP contribution >= 0.6 is 0 Å². The molecule has 116 valence electrons. The molecule has 1 aromatic carbocycles. The van der Waals surface area contributed by atoms with Gasteiger partial charge in [-0.05, 0) is 19.1 Å². The molecule has 0 aliphatic carbocycles. The number of carbonyl (C=O) groups excluding carboxylic acids is 1. The van der Waals surface area contributed by atoms with Gasteiger partial charge in [0, 0.05) is 25.6 Å². The van der Waals surface area contributed by atoms with Crippen molar-refractivity contribution in [1.29, 1.82) is 0 Å². The molecule has 1 aromatic rings. The molecular weight excluding hydrogens is 300 g/mol. The Morgan fingerprint density at radius 1 is 1.43 bits per heavy atom. The molecule has 0 aliphatic rings. The van der Waals surface area contributed by atoms with Crippen LogP contribution < -0.4 is 15.8 Å². The summed E-state index contributed by atoms with van der Waals surface area (Å²) in [5.41, 5.74) is 4.82. The first-order valence-corrected chi connectivity index (χ1v) is 7.56. The van der Waals surface area contributed by atoms with E-state index in [0.29, 0.717) is 6.54 Å². The first kappa shape index (κ1) is 16.9. The summed E-state index contributed by atoms with van der Waals surface area (Å²) in [7, 11) is -3.86. The predicted octanol–water partition coefficient (Wildman–Crippen LogP) is 0.180. The van der Waals surface area contributed by atoms with Crippen LogP contribution in [0.15, 0.2) is 23.1 Å². The average molecular weight is 316 g/mol. The molecule has 21 heavy (non-hydrogen) atoms. The molecule has 0 bridgehead atoms. The van der Waals surface area contributed by atoms with Crippen LogP contribution in [0.25, 0.3) is 0 Å². The number of nitrogens with zero attached hydrogens (tertiary/aromatic N) is 1. The normalized spacial score (nSPS) is 11.1. The van der Waals surface area contributed by atoms with Crippen LogP contribution in [0.1, 0.15) is 13.3 Å². The summed E-state index contributed by atoms with van der Waals surface area (Å²) in [6.07, 6.45) is -0.133. The molecule has 10 heteroatoms. The molecule has 0 saturated carbocycles. The summed E-state index contributed by atoms with van der Waals surface area (Å²) in [6, 6.07) is 3.42. The third kappa shape index (κ3) is 4.68. The third-order valence-electron chi connectivity index (χ3n) is 2.51. The quantitative estimate of drug-likeness (QED) is 0.461. The fraction of sp³-hybridized carbons (Fsp3) is 0.364. The van der Waals surface area contributed by atoms with Gasteiger partial charge in [0.2, 0.25) is 15.9 Å². The fourth-order valence-electron chi connectivity index (χ4n) is 1.57. The number of benzene rings is 1. The van der Waals surface area contributed by atoms with Gasteiger partial charge in [-0.2, -0.15) is 0 Å². The molecule has 1 amide bonds. The zero-order chi connectivity index (χ0) is 16.0. The van der Waals surface area contributed by atoms with Gasteiger partial charge in [0.1, 0.15) is 5.69 Å². The first-order valence-electron chi connectivity index (χ1n) is 6.08. The first-order chi connectivity index (χ1) is 9.77. The Morgan fingerprint density at radius 2 is 2.10 bits per heavy atom. The highest BCUT2D eigenvalue weighted by atomic mass is 32.2. The van der Waals surface area contributed by atoms with E-state index in [1.165, 1.54) is 6.07 Å². The van der Waals surface area contributed by atoms with Gasteiger partial charge in [0.25, 0.3) is 5.69 Å². The molecule has 0 heterocycles. The number of nitro benzene ring substituents is 1. The summed E-state index contributed by atoms with van der Waals surface area (Å²) >= 11 is 0. The molecule has 0 atom stereocenters. The number of primary amides is 1. The van der Waals surface area contributed by atoms with Crippen LogP contribution in [0.2, 0.25) is 0 Å². The summed E-state index contributed by atoms with van der Waals surface area (Å²) < 4.78 is 26.2. The summed E-state index contributed by atoms with van der Waals surface area (Å²) in [6.45, 7) is 2.00. The lowest BCUT2D eigenvalue weighted by atomic mass is 10.2. The number of nitrogens with two attached hydrogens (primary N) is 1. The topological polar surface area (TPSA) is 144 Å². The third-order valence-corrected chi connectivity index (χ3v) is 3.96. The molecule has 0 spiro atoms. The Labute approximate surface area is 121 Å². The van der Waals surface area contributed by atoms with Crippen LogP contribution in [0.4, 0.5) is 11.4 Å². The lowest BCUT2D eigenvalue weighted by molar-refractivity contribution is -0.384. The smallest absolute Gasteiger partial charge is 0.292 e. The van der Waals surface area contributed by atoms with Gasteiger partial charge >= 0.3 is 0 Å². The monoisotopic (exact) mass is 316 g/mol. The Bertz CT molecular complexity index is 644. The van der Waals surface area contributed by atoms with Crippen molar-refractivity contribution in [3.8, 4) is 0 Å². The van der Waals surface area contributed by atoms with E-state index in [-0.39, 0.29) is 29.2 Å². The lowest BCUT2D eigenvalue weighted by Gasteiger charge is -2.09. The van der Waals surface area contributed by atoms with Crippen LogP contribution in [-0.2, 0) is 14.8 Å². The zero-order valence-corrected chi connectivity index (χ0v) is 12.1. The second kappa shape index (κ2) is 6.99. The van der Waals surface area contributed by atoms with Crippen LogP contribution in [0.3, 0.4) is 0 Å². The van der Waals surface area contributed by atoms with Gasteiger partial charge in [-0.15, -0.1) is 0 Å². The van der Waals surface area contributed by atoms with Crippen molar-refractivity contribution in [3.05, 3.63) is 28.3 Å². The van der Waals surface area contributed by atoms with Gasteiger partial charge in [-0.1, -0.05) is 0 Å². The molecule has 0 fully saturated rings. The number of amides is 1. The van der Waals surface area contributed by atoms with Crippen molar-refractivity contribution < 1.29 is 18.1 Å². The van der Waals surface area contributed by atoms with Gasteiger partial charge in [0.15, 0.2) is 0 Å². The predicted molar refractivity (Wildman–Crippen MR) is 76.3 cm³/mol. The highest BCUT2D eigenvalue weighted by Gasteiger charge is 2.20. The van der Waals surface area contributed by atoms with Crippen molar-refractivity contribution in [2.75, 3.05) is 18.4 Å². The van der Waals surface area contributed by atoms with E-state index in [0.717, 1.165) is 12.1 Å². The molecule has 0 aliphatic heterocycles. The fourth-order valence-corrected chi connectivity index (χ4v) is 2.62. The van der Waals surface area contributed by atoms with Gasteiger partial charge in [-0.25, -0.2) is 13.1 Å². The Balaban J connectivity index is 3.04. The van der Waals surface area contributed by atoms with Crippen molar-refractivity contribution in [2.45, 2.75) is 18.2 Å². The number of nitro groups is 1. The largest absolute Gasteiger partial charge is 0.380 e. The minimum atomic E-state index is -3.86. The van der Waals surface area contributed by atoms with E-state index in [2.05, 4.69) is 10.0 Å². The van der Waals surface area contributed by atoms with E-state index in [1.54, 1.807) is 6.92 Å². The zero-order valence-electron chi connectivity index (χ0n) is 11.3. The molecule has 0 radical (unpaired) electrons. The Hall–Kier alpha value is -2.20. The number of anilines is 1. The average Bonchev–Trinajstić information content (AvgIpc) is 2.38. The molecule has 4 N–H and O–H groups in total. The van der Waals surface area contributed by atoms with Gasteiger partial charge < -0.3 is 11.1 Å². The van der Waals surface area contributed by atoms with E-state index in [9.17, 15) is 23.3 Å². The standard InChI is InChI=1S/C11H16N4O5S/c1-2-13-9-7-8(3-4-10(9)15(17)18)21(19,20)14-6-5-11(12)16/h3-4,7,13-14H,2,5-6H2,1H3,(H2,12,16). The van der Waals surface area contributed by atoms with Gasteiger partial charge in [0.05, 0.1) is 9.82 Å². The molecule has 0 aromatic heterocycles. The van der Waals surface area contributed by atoms with E-state index >= 15 is 0 Å². The minimum Gasteiger partial charge on any atom is -0.380 e.